The molecule has 0 heterocycles. The molecule has 21 heavy (non-hydrogen) atoms. The van der Waals surface area contributed by atoms with Crippen LogP contribution >= 0.6 is 11.6 Å². The molecule has 0 fully saturated rings. The fourth-order valence-electron chi connectivity index (χ4n) is 1.62. The molecule has 0 atom stereocenters. The van der Waals surface area contributed by atoms with Crippen LogP contribution in [-0.2, 0) is 4.65 Å². The Labute approximate surface area is 129 Å². The van der Waals surface area contributed by atoms with Crippen LogP contribution < -0.4 is 5.46 Å². The third kappa shape index (κ3) is 3.94. The monoisotopic (exact) mass is 315 g/mol. The summed E-state index contributed by atoms with van der Waals surface area (Å²) >= 11 is 5.85. The third-order valence-corrected chi connectivity index (χ3v) is 3.95. The van der Waals surface area contributed by atoms with E-state index in [0.717, 1.165) is 0 Å². The zero-order chi connectivity index (χ0) is 16.6. The lowest BCUT2D eigenvalue weighted by Crippen LogP contribution is -2.53. The van der Waals surface area contributed by atoms with E-state index in [1.807, 2.05) is 0 Å². The van der Waals surface area contributed by atoms with Crippen LogP contribution in [0.3, 0.4) is 0 Å². The maximum atomic E-state index is 11.0. The Kier molecular flexibility index (Phi) is 5.05. The molecule has 1 aromatic carbocycles. The van der Waals surface area contributed by atoms with Crippen LogP contribution in [0, 0.1) is 17.0 Å². The molecular formula is C13H19BClNO5. The second-order valence-corrected chi connectivity index (χ2v) is 6.37. The zero-order valence-corrected chi connectivity index (χ0v) is 13.4. The molecule has 0 amide bonds. The summed E-state index contributed by atoms with van der Waals surface area (Å²) in [7, 11) is -1.44. The predicted molar refractivity (Wildman–Crippen MR) is 81.9 cm³/mol. The van der Waals surface area contributed by atoms with E-state index in [2.05, 4.69) is 0 Å². The number of nitro benzene ring substituents is 1. The average molecular weight is 316 g/mol. The van der Waals surface area contributed by atoms with E-state index in [-0.39, 0.29) is 21.7 Å². The molecule has 0 saturated heterocycles. The van der Waals surface area contributed by atoms with Crippen LogP contribution in [0.1, 0.15) is 33.3 Å². The van der Waals surface area contributed by atoms with Crippen LogP contribution in [0.2, 0.25) is 5.02 Å². The standard InChI is InChI=1S/C13H19BClNO5/c1-8-10(6-9(15)7-11(8)16(19)20)14(18)21-13(4,5)12(2,3)17/h6-7,17-18H,1-5H3. The molecule has 0 radical (unpaired) electrons. The topological polar surface area (TPSA) is 92.8 Å². The summed E-state index contributed by atoms with van der Waals surface area (Å²) in [5.74, 6) is 0. The highest BCUT2D eigenvalue weighted by Gasteiger charge is 2.40. The molecular weight excluding hydrogens is 296 g/mol. The lowest BCUT2D eigenvalue weighted by atomic mass is 9.74. The number of nitro groups is 1. The zero-order valence-electron chi connectivity index (χ0n) is 12.7. The summed E-state index contributed by atoms with van der Waals surface area (Å²) in [6.07, 6.45) is 0. The van der Waals surface area contributed by atoms with Gasteiger partial charge in [0.05, 0.1) is 16.1 Å². The summed E-state index contributed by atoms with van der Waals surface area (Å²) in [4.78, 5) is 10.4. The second kappa shape index (κ2) is 5.92. The summed E-state index contributed by atoms with van der Waals surface area (Å²) in [5.41, 5.74) is -2.02. The quantitative estimate of drug-likeness (QED) is 0.491. The first-order valence-corrected chi connectivity index (χ1v) is 6.77. The van der Waals surface area contributed by atoms with Crippen molar-refractivity contribution in [3.63, 3.8) is 0 Å². The van der Waals surface area contributed by atoms with Gasteiger partial charge in [0.15, 0.2) is 0 Å². The molecule has 0 aliphatic carbocycles. The molecule has 0 bridgehead atoms. The van der Waals surface area contributed by atoms with E-state index in [1.54, 1.807) is 27.7 Å². The molecule has 8 heteroatoms. The Morgan fingerprint density at radius 3 is 2.29 bits per heavy atom. The smallest absolute Gasteiger partial charge is 0.423 e. The molecule has 2 N–H and O–H groups in total. The first-order valence-electron chi connectivity index (χ1n) is 6.39. The molecule has 0 aromatic heterocycles. The molecule has 0 aliphatic rings. The number of aliphatic hydroxyl groups is 1. The summed E-state index contributed by atoms with van der Waals surface area (Å²) in [6, 6.07) is 2.63. The van der Waals surface area contributed by atoms with Gasteiger partial charge in [0.1, 0.15) is 0 Å². The average Bonchev–Trinajstić information content (AvgIpc) is 2.29. The summed E-state index contributed by atoms with van der Waals surface area (Å²) < 4.78 is 5.48. The van der Waals surface area contributed by atoms with E-state index in [9.17, 15) is 20.2 Å². The van der Waals surface area contributed by atoms with Crippen molar-refractivity contribution in [2.75, 3.05) is 0 Å². The number of rotatable bonds is 5. The Balaban J connectivity index is 3.20. The first-order chi connectivity index (χ1) is 9.36. The lowest BCUT2D eigenvalue weighted by Gasteiger charge is -2.38. The highest BCUT2D eigenvalue weighted by atomic mass is 35.5. The summed E-state index contributed by atoms with van der Waals surface area (Å²) in [6.45, 7) is 7.84. The molecule has 0 saturated carbocycles. The first kappa shape index (κ1) is 17.9. The van der Waals surface area contributed by atoms with Gasteiger partial charge in [0.2, 0.25) is 0 Å². The van der Waals surface area contributed by atoms with E-state index in [4.69, 9.17) is 16.3 Å². The number of halogens is 1. The van der Waals surface area contributed by atoms with Crippen molar-refractivity contribution in [3.8, 4) is 0 Å². The molecule has 116 valence electrons. The fourth-order valence-corrected chi connectivity index (χ4v) is 1.84. The molecule has 0 spiro atoms. The van der Waals surface area contributed by atoms with Gasteiger partial charge in [-0.1, -0.05) is 11.6 Å². The number of nitrogens with zero attached hydrogens (tertiary/aromatic N) is 1. The fraction of sp³-hybridized carbons (Fsp3) is 0.538. The maximum absolute atomic E-state index is 11.0. The highest BCUT2D eigenvalue weighted by molar-refractivity contribution is 6.61. The van der Waals surface area contributed by atoms with Crippen LogP contribution in [-0.4, -0.2) is 33.4 Å². The predicted octanol–water partition coefficient (Wildman–Crippen LogP) is 1.81. The van der Waals surface area contributed by atoms with E-state index in [1.165, 1.54) is 19.1 Å². The number of hydrogen-bond acceptors (Lipinski definition) is 5. The maximum Gasteiger partial charge on any atom is 0.492 e. The van der Waals surface area contributed by atoms with Crippen molar-refractivity contribution in [2.45, 2.75) is 45.8 Å². The summed E-state index contributed by atoms with van der Waals surface area (Å²) in [5, 5.41) is 31.4. The Morgan fingerprint density at radius 2 is 1.86 bits per heavy atom. The van der Waals surface area contributed by atoms with Gasteiger partial charge in [-0.25, -0.2) is 0 Å². The molecule has 0 unspecified atom stereocenters. The normalized spacial score (nSPS) is 12.4. The van der Waals surface area contributed by atoms with Crippen molar-refractivity contribution < 1.29 is 19.7 Å². The van der Waals surface area contributed by atoms with Gasteiger partial charge in [-0.3, -0.25) is 10.1 Å². The third-order valence-electron chi connectivity index (χ3n) is 3.73. The minimum absolute atomic E-state index is 0.131. The molecule has 1 aromatic rings. The minimum Gasteiger partial charge on any atom is -0.423 e. The number of benzene rings is 1. The van der Waals surface area contributed by atoms with E-state index < -0.39 is 23.2 Å². The SMILES string of the molecule is Cc1c(B(O)OC(C)(C)C(C)(C)O)cc(Cl)cc1[N+](=O)[O-]. The van der Waals surface area contributed by atoms with Gasteiger partial charge in [0.25, 0.3) is 5.69 Å². The minimum atomic E-state index is -1.44. The molecule has 6 nitrogen and oxygen atoms in total. The lowest BCUT2D eigenvalue weighted by molar-refractivity contribution is -0.385. The van der Waals surface area contributed by atoms with Crippen LogP contribution in [0.25, 0.3) is 0 Å². The Hall–Kier alpha value is -1.15. The molecule has 1 rings (SSSR count). The highest BCUT2D eigenvalue weighted by Crippen LogP contribution is 2.27. The Morgan fingerprint density at radius 1 is 1.33 bits per heavy atom. The van der Waals surface area contributed by atoms with Gasteiger partial charge < -0.3 is 14.8 Å². The van der Waals surface area contributed by atoms with Gasteiger partial charge in [0, 0.05) is 16.7 Å². The molecule has 0 aliphatic heterocycles. The van der Waals surface area contributed by atoms with Gasteiger partial charge in [-0.15, -0.1) is 0 Å². The van der Waals surface area contributed by atoms with Gasteiger partial charge in [-0.05, 0) is 46.1 Å². The van der Waals surface area contributed by atoms with Crippen LogP contribution in [0.4, 0.5) is 5.69 Å². The van der Waals surface area contributed by atoms with Crippen molar-refractivity contribution in [2.24, 2.45) is 0 Å². The Bertz CT molecular complexity index is 556. The van der Waals surface area contributed by atoms with Crippen LogP contribution in [0.5, 0.6) is 0 Å². The van der Waals surface area contributed by atoms with Crippen molar-refractivity contribution in [1.29, 1.82) is 0 Å². The number of hydrogen-bond donors (Lipinski definition) is 2. The van der Waals surface area contributed by atoms with Crippen LogP contribution in [0.15, 0.2) is 12.1 Å². The van der Waals surface area contributed by atoms with Crippen molar-refractivity contribution in [1.82, 2.24) is 0 Å². The van der Waals surface area contributed by atoms with Gasteiger partial charge >= 0.3 is 7.12 Å². The van der Waals surface area contributed by atoms with Gasteiger partial charge in [-0.2, -0.15) is 0 Å². The second-order valence-electron chi connectivity index (χ2n) is 5.94. The van der Waals surface area contributed by atoms with Crippen molar-refractivity contribution >= 4 is 29.9 Å². The van der Waals surface area contributed by atoms with E-state index >= 15 is 0 Å². The largest absolute Gasteiger partial charge is 0.492 e. The van der Waals surface area contributed by atoms with Crippen molar-refractivity contribution in [3.05, 3.63) is 32.8 Å². The van der Waals surface area contributed by atoms with E-state index in [0.29, 0.717) is 0 Å².